The molecule has 1 unspecified atom stereocenters. The first-order valence-electron chi connectivity index (χ1n) is 8.93. The lowest BCUT2D eigenvalue weighted by Crippen LogP contribution is -2.57. The summed E-state index contributed by atoms with van der Waals surface area (Å²) in [4.78, 5) is 15.7. The number of hydrogen-bond donors (Lipinski definition) is 2. The number of carbonyl (C=O) groups is 1. The molecule has 1 saturated heterocycles. The van der Waals surface area contributed by atoms with Crippen LogP contribution in [0, 0.1) is 0 Å². The zero-order chi connectivity index (χ0) is 19.2. The van der Waals surface area contributed by atoms with Crippen molar-refractivity contribution in [2.45, 2.75) is 25.6 Å². The van der Waals surface area contributed by atoms with E-state index in [-0.39, 0.29) is 24.8 Å². The largest absolute Gasteiger partial charge is 0.405 e. The van der Waals surface area contributed by atoms with Crippen LogP contribution >= 0.6 is 24.8 Å². The highest BCUT2D eigenvalue weighted by molar-refractivity contribution is 5.94. The van der Waals surface area contributed by atoms with Crippen LogP contribution in [0.3, 0.4) is 0 Å². The number of benzene rings is 1. The fourth-order valence-electron chi connectivity index (χ4n) is 3.07. The van der Waals surface area contributed by atoms with Crippen LogP contribution in [0.2, 0.25) is 0 Å². The molecule has 1 aliphatic rings. The molecule has 162 valence electrons. The first-order valence-corrected chi connectivity index (χ1v) is 8.93. The van der Waals surface area contributed by atoms with Crippen LogP contribution in [0.4, 0.5) is 18.9 Å². The maximum absolute atomic E-state index is 13.4. The average molecular weight is 445 g/mol. The van der Waals surface area contributed by atoms with Gasteiger partial charge in [0.1, 0.15) is 6.04 Å². The Morgan fingerprint density at radius 1 is 1.21 bits per heavy atom. The molecule has 0 aromatic heterocycles. The molecule has 1 heterocycles. The van der Waals surface area contributed by atoms with Gasteiger partial charge in [-0.05, 0) is 30.7 Å². The molecule has 5 nitrogen and oxygen atoms in total. The second-order valence-corrected chi connectivity index (χ2v) is 6.52. The number of amides is 1. The highest BCUT2D eigenvalue weighted by atomic mass is 35.5. The molecular weight excluding hydrogens is 416 g/mol. The third kappa shape index (κ3) is 7.66. The predicted molar refractivity (Wildman–Crippen MR) is 111 cm³/mol. The molecule has 1 aliphatic heterocycles. The van der Waals surface area contributed by atoms with Crippen molar-refractivity contribution < 1.29 is 18.0 Å². The van der Waals surface area contributed by atoms with Crippen molar-refractivity contribution in [3.8, 4) is 0 Å². The third-order valence-electron chi connectivity index (χ3n) is 4.56. The van der Waals surface area contributed by atoms with Crippen LogP contribution in [-0.4, -0.2) is 69.3 Å². The van der Waals surface area contributed by atoms with Crippen LogP contribution in [0.25, 0.3) is 0 Å². The number of carbonyl (C=O) groups excluding carboxylic acids is 1. The third-order valence-corrected chi connectivity index (χ3v) is 4.56. The minimum absolute atomic E-state index is 0. The fourth-order valence-corrected chi connectivity index (χ4v) is 3.07. The highest BCUT2D eigenvalue weighted by Gasteiger charge is 2.43. The molecule has 0 spiro atoms. The maximum atomic E-state index is 13.4. The molecule has 0 bridgehead atoms. The summed E-state index contributed by atoms with van der Waals surface area (Å²) in [5.74, 6) is -0.487. The molecule has 2 N–H and O–H groups in total. The molecule has 1 atom stereocenters. The van der Waals surface area contributed by atoms with Crippen LogP contribution in [0.1, 0.15) is 23.7 Å². The molecule has 0 aliphatic carbocycles. The quantitative estimate of drug-likeness (QED) is 0.678. The summed E-state index contributed by atoms with van der Waals surface area (Å²) >= 11 is 0. The minimum Gasteiger partial charge on any atom is -0.375 e. The zero-order valence-electron chi connectivity index (χ0n) is 16.1. The second kappa shape index (κ2) is 12.4. The Kier molecular flexibility index (Phi) is 11.8. The fraction of sp³-hybridized carbons (Fsp3) is 0.611. The van der Waals surface area contributed by atoms with Crippen molar-refractivity contribution in [2.75, 3.05) is 51.2 Å². The summed E-state index contributed by atoms with van der Waals surface area (Å²) in [6.07, 6.45) is -3.37. The van der Waals surface area contributed by atoms with Gasteiger partial charge in [0.2, 0.25) is 0 Å². The van der Waals surface area contributed by atoms with E-state index in [9.17, 15) is 18.0 Å². The molecule has 2 rings (SSSR count). The van der Waals surface area contributed by atoms with E-state index >= 15 is 0 Å². The van der Waals surface area contributed by atoms with Gasteiger partial charge in [-0.1, -0.05) is 6.92 Å². The molecule has 0 radical (unpaired) electrons. The lowest BCUT2D eigenvalue weighted by Gasteiger charge is -2.35. The van der Waals surface area contributed by atoms with E-state index < -0.39 is 24.7 Å². The van der Waals surface area contributed by atoms with E-state index in [2.05, 4.69) is 22.5 Å². The molecule has 1 aromatic carbocycles. The maximum Gasteiger partial charge on any atom is 0.405 e. The number of nitrogens with zero attached hydrogens (tertiary/aromatic N) is 2. The van der Waals surface area contributed by atoms with E-state index in [0.717, 1.165) is 18.7 Å². The second-order valence-electron chi connectivity index (χ2n) is 6.52. The molecule has 10 heteroatoms. The highest BCUT2D eigenvalue weighted by Crippen LogP contribution is 2.25. The normalized spacial score (nSPS) is 15.8. The van der Waals surface area contributed by atoms with Gasteiger partial charge < -0.3 is 15.5 Å². The topological polar surface area (TPSA) is 47.6 Å². The van der Waals surface area contributed by atoms with Gasteiger partial charge in [-0.25, -0.2) is 0 Å². The number of rotatable bonds is 7. The van der Waals surface area contributed by atoms with Crippen molar-refractivity contribution in [3.05, 3.63) is 29.8 Å². The Morgan fingerprint density at radius 3 is 2.29 bits per heavy atom. The zero-order valence-corrected chi connectivity index (χ0v) is 17.7. The van der Waals surface area contributed by atoms with Gasteiger partial charge >= 0.3 is 6.18 Å². The van der Waals surface area contributed by atoms with Crippen molar-refractivity contribution in [1.29, 1.82) is 0 Å². The van der Waals surface area contributed by atoms with Crippen molar-refractivity contribution in [3.63, 3.8) is 0 Å². The van der Waals surface area contributed by atoms with Crippen LogP contribution < -0.4 is 15.5 Å². The summed E-state index contributed by atoms with van der Waals surface area (Å²) in [7, 11) is 1.96. The van der Waals surface area contributed by atoms with Gasteiger partial charge in [-0.15, -0.1) is 24.8 Å². The summed E-state index contributed by atoms with van der Waals surface area (Å²) in [5, 5.41) is 5.48. The number of alkyl halides is 3. The number of hydrogen-bond acceptors (Lipinski definition) is 4. The van der Waals surface area contributed by atoms with Crippen molar-refractivity contribution in [1.82, 2.24) is 15.5 Å². The smallest absolute Gasteiger partial charge is 0.375 e. The van der Waals surface area contributed by atoms with Gasteiger partial charge in [0.15, 0.2) is 0 Å². The first-order chi connectivity index (χ1) is 12.3. The number of nitrogens with one attached hydrogen (secondary N) is 2. The van der Waals surface area contributed by atoms with Gasteiger partial charge in [0.25, 0.3) is 5.91 Å². The summed E-state index contributed by atoms with van der Waals surface area (Å²) in [6, 6.07) is 5.24. The van der Waals surface area contributed by atoms with Crippen molar-refractivity contribution in [2.24, 2.45) is 0 Å². The van der Waals surface area contributed by atoms with E-state index in [4.69, 9.17) is 0 Å². The SMILES string of the molecule is CCCN(C)c1ccc(C(=O)NCC(N2CCNCC2)C(F)(F)F)cc1.Cl.Cl. The minimum atomic E-state index is -4.38. The monoisotopic (exact) mass is 444 g/mol. The number of halogens is 5. The lowest BCUT2D eigenvalue weighted by atomic mass is 10.1. The number of piperazine rings is 1. The van der Waals surface area contributed by atoms with Crippen LogP contribution in [0.5, 0.6) is 0 Å². The molecule has 0 saturated carbocycles. The predicted octanol–water partition coefficient (Wildman–Crippen LogP) is 2.94. The van der Waals surface area contributed by atoms with Gasteiger partial charge in [-0.3, -0.25) is 9.69 Å². The molecular formula is C18H29Cl2F3N4O. The van der Waals surface area contributed by atoms with Crippen molar-refractivity contribution >= 4 is 36.4 Å². The first kappa shape index (κ1) is 26.8. The Bertz CT molecular complexity index is 581. The molecule has 1 fully saturated rings. The Hall–Kier alpha value is -1.22. The van der Waals surface area contributed by atoms with E-state index in [1.165, 1.54) is 4.90 Å². The Morgan fingerprint density at radius 2 is 1.79 bits per heavy atom. The van der Waals surface area contributed by atoms with Gasteiger partial charge in [0, 0.05) is 57.6 Å². The average Bonchev–Trinajstić information content (AvgIpc) is 2.62. The van der Waals surface area contributed by atoms with Gasteiger partial charge in [-0.2, -0.15) is 13.2 Å². The Labute approximate surface area is 176 Å². The van der Waals surface area contributed by atoms with Crippen LogP contribution in [-0.2, 0) is 0 Å². The molecule has 28 heavy (non-hydrogen) atoms. The lowest BCUT2D eigenvalue weighted by molar-refractivity contribution is -0.183. The summed E-state index contributed by atoms with van der Waals surface area (Å²) in [5.41, 5.74) is 1.33. The molecule has 1 amide bonds. The summed E-state index contributed by atoms with van der Waals surface area (Å²) in [6.45, 7) is 4.20. The van der Waals surface area contributed by atoms with E-state index in [1.807, 2.05) is 19.2 Å². The van der Waals surface area contributed by atoms with Crippen LogP contribution in [0.15, 0.2) is 24.3 Å². The molecule has 1 aromatic rings. The number of anilines is 1. The van der Waals surface area contributed by atoms with E-state index in [0.29, 0.717) is 31.7 Å². The van der Waals surface area contributed by atoms with E-state index in [1.54, 1.807) is 12.1 Å². The Balaban J connectivity index is 0.00000364. The standard InChI is InChI=1S/C18H27F3N4O.2ClH/c1-3-10-24(2)15-6-4-14(5-7-15)17(26)23-13-16(18(19,20)21)25-11-8-22-9-12-25;;/h4-7,16,22H,3,8-13H2,1-2H3,(H,23,26);2*1H. The summed E-state index contributed by atoms with van der Waals surface area (Å²) < 4.78 is 40.1. The van der Waals surface area contributed by atoms with Gasteiger partial charge in [0.05, 0.1) is 0 Å².